The fourth-order valence-corrected chi connectivity index (χ4v) is 4.74. The van der Waals surface area contributed by atoms with E-state index in [0.29, 0.717) is 52.8 Å². The first-order valence-corrected chi connectivity index (χ1v) is 14.3. The van der Waals surface area contributed by atoms with Gasteiger partial charge in [-0.3, -0.25) is 9.59 Å². The van der Waals surface area contributed by atoms with Crippen LogP contribution >= 0.6 is 11.6 Å². The number of rotatable bonds is 14. The van der Waals surface area contributed by atoms with E-state index < -0.39 is 12.0 Å². The van der Waals surface area contributed by atoms with Crippen molar-refractivity contribution in [3.8, 4) is 5.75 Å². The Balaban J connectivity index is 1.35. The van der Waals surface area contributed by atoms with Gasteiger partial charge in [-0.05, 0) is 67.4 Å². The van der Waals surface area contributed by atoms with E-state index in [-0.39, 0.29) is 18.1 Å². The number of carboxylic acid groups (broad SMARTS) is 1. The van der Waals surface area contributed by atoms with Gasteiger partial charge in [0.1, 0.15) is 11.8 Å². The van der Waals surface area contributed by atoms with E-state index in [1.165, 1.54) is 6.08 Å². The first-order valence-electron chi connectivity index (χ1n) is 14.0. The molecule has 0 radical (unpaired) electrons. The highest BCUT2D eigenvalue weighted by Gasteiger charge is 2.21. The van der Waals surface area contributed by atoms with Crippen LogP contribution in [0.15, 0.2) is 115 Å². The highest BCUT2D eigenvalue weighted by Crippen LogP contribution is 2.23. The molecular weight excluding hydrogens is 564 g/mol. The molecular formula is C35H33ClN2O5. The van der Waals surface area contributed by atoms with Crippen LogP contribution in [0.5, 0.6) is 5.75 Å². The maximum absolute atomic E-state index is 13.1. The van der Waals surface area contributed by atoms with Gasteiger partial charge in [0.15, 0.2) is 5.78 Å². The molecule has 4 rings (SSSR count). The molecule has 0 saturated carbocycles. The number of ketones is 1. The normalized spacial score (nSPS) is 11.6. The molecule has 4 aromatic rings. The van der Waals surface area contributed by atoms with Crippen LogP contribution in [0.2, 0.25) is 5.02 Å². The van der Waals surface area contributed by atoms with Gasteiger partial charge in [-0.15, -0.1) is 0 Å². The summed E-state index contributed by atoms with van der Waals surface area (Å²) < 4.78 is 5.89. The standard InChI is InChI=1S/C35H33ClN2O5/c1-2-10-33(39)38(28-14-8-13-27(36)24-28)21-9-22-43-29-19-17-25(18-20-29)23-32(35(41)42)37-31-16-7-6-15-30(31)34(40)26-11-4-3-5-12-26/h2-8,10-20,24,32,37H,9,21-23H2,1H3,(H,41,42)/b10-2+/t32-/m0/s1. The molecule has 1 atom stereocenters. The maximum Gasteiger partial charge on any atom is 0.326 e. The van der Waals surface area contributed by atoms with Crippen LogP contribution in [0.1, 0.15) is 34.8 Å². The molecule has 43 heavy (non-hydrogen) atoms. The molecule has 7 nitrogen and oxygen atoms in total. The SMILES string of the molecule is C/C=C/C(=O)N(CCCOc1ccc(C[C@H](Nc2ccccc2C(=O)c2ccccc2)C(=O)O)cc1)c1cccc(Cl)c1. The number of nitrogens with one attached hydrogen (secondary N) is 1. The van der Waals surface area contributed by atoms with Crippen LogP contribution in [0.3, 0.4) is 0 Å². The van der Waals surface area contributed by atoms with Crippen molar-refractivity contribution in [1.82, 2.24) is 0 Å². The summed E-state index contributed by atoms with van der Waals surface area (Å²) in [6.07, 6.45) is 4.00. The molecule has 2 N–H and O–H groups in total. The largest absolute Gasteiger partial charge is 0.494 e. The van der Waals surface area contributed by atoms with E-state index in [9.17, 15) is 19.5 Å². The van der Waals surface area contributed by atoms with Crippen LogP contribution in [0.25, 0.3) is 0 Å². The third kappa shape index (κ3) is 8.80. The molecule has 0 saturated heterocycles. The van der Waals surface area contributed by atoms with Gasteiger partial charge >= 0.3 is 5.97 Å². The van der Waals surface area contributed by atoms with Crippen molar-refractivity contribution >= 4 is 40.6 Å². The maximum atomic E-state index is 13.1. The Morgan fingerprint density at radius 3 is 2.35 bits per heavy atom. The van der Waals surface area contributed by atoms with Crippen molar-refractivity contribution < 1.29 is 24.2 Å². The lowest BCUT2D eigenvalue weighted by Crippen LogP contribution is -2.32. The van der Waals surface area contributed by atoms with Crippen LogP contribution in [-0.4, -0.2) is 42.0 Å². The van der Waals surface area contributed by atoms with Gasteiger partial charge < -0.3 is 20.1 Å². The quantitative estimate of drug-likeness (QED) is 0.0919. The Morgan fingerprint density at radius 1 is 0.930 bits per heavy atom. The lowest BCUT2D eigenvalue weighted by atomic mass is 10.00. The molecule has 0 aliphatic heterocycles. The minimum Gasteiger partial charge on any atom is -0.494 e. The molecule has 0 spiro atoms. The number of benzene rings is 4. The number of para-hydroxylation sites is 1. The number of anilines is 2. The third-order valence-electron chi connectivity index (χ3n) is 6.69. The molecule has 0 fully saturated rings. The monoisotopic (exact) mass is 596 g/mol. The van der Waals surface area contributed by atoms with Gasteiger partial charge in [0.05, 0.1) is 6.61 Å². The molecule has 0 heterocycles. The zero-order valence-electron chi connectivity index (χ0n) is 23.8. The summed E-state index contributed by atoms with van der Waals surface area (Å²) in [6, 6.07) is 29.2. The Labute approximate surface area is 256 Å². The number of hydrogen-bond acceptors (Lipinski definition) is 5. The Bertz CT molecular complexity index is 1570. The second-order valence-electron chi connectivity index (χ2n) is 9.80. The second kappa shape index (κ2) is 15.4. The number of allylic oxidation sites excluding steroid dienone is 1. The minimum atomic E-state index is -1.03. The average Bonchev–Trinajstić information content (AvgIpc) is 3.02. The lowest BCUT2D eigenvalue weighted by Gasteiger charge is -2.22. The summed E-state index contributed by atoms with van der Waals surface area (Å²) in [5.41, 5.74) is 2.91. The summed E-state index contributed by atoms with van der Waals surface area (Å²) in [6.45, 7) is 2.62. The molecule has 0 bridgehead atoms. The van der Waals surface area contributed by atoms with Crippen molar-refractivity contribution in [2.75, 3.05) is 23.4 Å². The van der Waals surface area contributed by atoms with Gasteiger partial charge in [0, 0.05) is 40.5 Å². The van der Waals surface area contributed by atoms with Crippen molar-refractivity contribution in [2.45, 2.75) is 25.8 Å². The molecule has 220 valence electrons. The average molecular weight is 597 g/mol. The molecule has 0 unspecified atom stereocenters. The number of amides is 1. The summed E-state index contributed by atoms with van der Waals surface area (Å²) in [4.78, 5) is 39.5. The number of carbonyl (C=O) groups is 3. The zero-order chi connectivity index (χ0) is 30.6. The van der Waals surface area contributed by atoms with Crippen molar-refractivity contribution in [2.24, 2.45) is 0 Å². The molecule has 1 amide bonds. The van der Waals surface area contributed by atoms with Crippen LogP contribution < -0.4 is 15.0 Å². The summed E-state index contributed by atoms with van der Waals surface area (Å²) in [7, 11) is 0. The molecule has 8 heteroatoms. The molecule has 0 aliphatic carbocycles. The predicted octanol–water partition coefficient (Wildman–Crippen LogP) is 7.06. The fourth-order valence-electron chi connectivity index (χ4n) is 4.55. The first kappa shape index (κ1) is 31.1. The van der Waals surface area contributed by atoms with Gasteiger partial charge in [-0.2, -0.15) is 0 Å². The fraction of sp³-hybridized carbons (Fsp3) is 0.171. The van der Waals surface area contributed by atoms with E-state index in [1.54, 1.807) is 96.8 Å². The molecule has 0 aliphatic rings. The van der Waals surface area contributed by atoms with Crippen LogP contribution in [0.4, 0.5) is 11.4 Å². The lowest BCUT2D eigenvalue weighted by molar-refractivity contribution is -0.137. The topological polar surface area (TPSA) is 95.9 Å². The van der Waals surface area contributed by atoms with Gasteiger partial charge in [-0.1, -0.05) is 78.3 Å². The van der Waals surface area contributed by atoms with E-state index in [2.05, 4.69) is 5.32 Å². The number of carboxylic acids is 1. The summed E-state index contributed by atoms with van der Waals surface area (Å²) in [5.74, 6) is -0.713. The highest BCUT2D eigenvalue weighted by molar-refractivity contribution is 6.31. The third-order valence-corrected chi connectivity index (χ3v) is 6.92. The highest BCUT2D eigenvalue weighted by atomic mass is 35.5. The van der Waals surface area contributed by atoms with E-state index in [0.717, 1.165) is 5.56 Å². The van der Waals surface area contributed by atoms with E-state index >= 15 is 0 Å². The number of halogens is 1. The second-order valence-corrected chi connectivity index (χ2v) is 10.2. The zero-order valence-corrected chi connectivity index (χ0v) is 24.5. The summed E-state index contributed by atoms with van der Waals surface area (Å²) in [5, 5.41) is 13.5. The number of nitrogens with zero attached hydrogens (tertiary/aromatic N) is 1. The van der Waals surface area contributed by atoms with Crippen molar-refractivity contribution in [3.05, 3.63) is 137 Å². The number of ether oxygens (including phenoxy) is 1. The van der Waals surface area contributed by atoms with Crippen LogP contribution in [0, 0.1) is 0 Å². The molecule has 0 aromatic heterocycles. The smallest absolute Gasteiger partial charge is 0.326 e. The van der Waals surface area contributed by atoms with Crippen LogP contribution in [-0.2, 0) is 16.0 Å². The van der Waals surface area contributed by atoms with Gasteiger partial charge in [0.25, 0.3) is 5.91 Å². The Hall–Kier alpha value is -4.88. The van der Waals surface area contributed by atoms with Crippen molar-refractivity contribution in [3.63, 3.8) is 0 Å². The number of carbonyl (C=O) groups excluding carboxylic acids is 2. The first-order chi connectivity index (χ1) is 20.9. The molecule has 4 aromatic carbocycles. The Kier molecular flexibility index (Phi) is 11.1. The summed E-state index contributed by atoms with van der Waals surface area (Å²) >= 11 is 6.13. The van der Waals surface area contributed by atoms with E-state index in [4.69, 9.17) is 16.3 Å². The number of aliphatic carboxylic acids is 1. The predicted molar refractivity (Wildman–Crippen MR) is 170 cm³/mol. The Morgan fingerprint density at radius 2 is 1.65 bits per heavy atom. The van der Waals surface area contributed by atoms with Crippen molar-refractivity contribution in [1.29, 1.82) is 0 Å². The van der Waals surface area contributed by atoms with Gasteiger partial charge in [0.2, 0.25) is 0 Å². The minimum absolute atomic E-state index is 0.136. The number of hydrogen-bond donors (Lipinski definition) is 2. The van der Waals surface area contributed by atoms with E-state index in [1.807, 2.05) is 24.3 Å². The van der Waals surface area contributed by atoms with Gasteiger partial charge in [-0.25, -0.2) is 4.79 Å².